The molecule has 2 aromatic rings. The molecule has 0 fully saturated rings. The van der Waals surface area contributed by atoms with Crippen LogP contribution in [0.25, 0.3) is 11.0 Å². The predicted molar refractivity (Wildman–Crippen MR) is 114 cm³/mol. The summed E-state index contributed by atoms with van der Waals surface area (Å²) < 4.78 is 16.9. The van der Waals surface area contributed by atoms with E-state index in [9.17, 15) is 9.59 Å². The van der Waals surface area contributed by atoms with Crippen molar-refractivity contribution in [1.29, 1.82) is 0 Å². The molecule has 1 aliphatic rings. The highest BCUT2D eigenvalue weighted by Gasteiger charge is 2.40. The van der Waals surface area contributed by atoms with Gasteiger partial charge in [-0.15, -0.1) is 0 Å². The number of aliphatic hydroxyl groups excluding tert-OH is 1. The van der Waals surface area contributed by atoms with Crippen molar-refractivity contribution < 1.29 is 23.8 Å². The summed E-state index contributed by atoms with van der Waals surface area (Å²) in [6.07, 6.45) is 6.07. The average molecular weight is 413 g/mol. The Hall–Kier alpha value is -3.06. The molecule has 0 unspecified atom stereocenters. The predicted octanol–water partition coefficient (Wildman–Crippen LogP) is 3.83. The van der Waals surface area contributed by atoms with Gasteiger partial charge >= 0.3 is 11.7 Å². The van der Waals surface area contributed by atoms with Crippen LogP contribution >= 0.6 is 0 Å². The van der Waals surface area contributed by atoms with Crippen LogP contribution in [-0.4, -0.2) is 29.5 Å². The molecule has 0 spiro atoms. The lowest BCUT2D eigenvalue weighted by Crippen LogP contribution is -2.49. The summed E-state index contributed by atoms with van der Waals surface area (Å²) in [4.78, 5) is 23.7. The molecule has 0 bridgehead atoms. The lowest BCUT2D eigenvalue weighted by atomic mass is 9.90. The number of ether oxygens (including phenoxy) is 2. The van der Waals surface area contributed by atoms with E-state index in [-0.39, 0.29) is 6.61 Å². The number of carbonyl (C=O) groups is 1. The second-order valence-electron chi connectivity index (χ2n) is 7.87. The van der Waals surface area contributed by atoms with Crippen molar-refractivity contribution in [2.45, 2.75) is 51.7 Å². The van der Waals surface area contributed by atoms with E-state index in [0.29, 0.717) is 30.6 Å². The number of rotatable bonds is 6. The van der Waals surface area contributed by atoms with Gasteiger partial charge in [-0.2, -0.15) is 0 Å². The Kier molecular flexibility index (Phi) is 6.62. The number of hydrogen-bond acceptors (Lipinski definition) is 6. The second kappa shape index (κ2) is 9.17. The first-order chi connectivity index (χ1) is 14.3. The molecule has 2 heterocycles. The highest BCUT2D eigenvalue weighted by molar-refractivity contribution is 5.79. The summed E-state index contributed by atoms with van der Waals surface area (Å²) in [6.45, 7) is 5.79. The van der Waals surface area contributed by atoms with Crippen molar-refractivity contribution in [2.24, 2.45) is 0 Å². The van der Waals surface area contributed by atoms with E-state index >= 15 is 0 Å². The number of amides is 1. The van der Waals surface area contributed by atoms with Gasteiger partial charge in [0.2, 0.25) is 0 Å². The van der Waals surface area contributed by atoms with Crippen molar-refractivity contribution in [1.82, 2.24) is 5.32 Å². The molecule has 30 heavy (non-hydrogen) atoms. The van der Waals surface area contributed by atoms with Gasteiger partial charge in [-0.1, -0.05) is 17.7 Å². The molecule has 1 aromatic heterocycles. The first-order valence-electron chi connectivity index (χ1n) is 9.93. The maximum absolute atomic E-state index is 12.2. The monoisotopic (exact) mass is 413 g/mol. The van der Waals surface area contributed by atoms with Gasteiger partial charge in [-0.05, 0) is 51.3 Å². The summed E-state index contributed by atoms with van der Waals surface area (Å²) in [6, 6.07) is 6.67. The van der Waals surface area contributed by atoms with Crippen molar-refractivity contribution in [3.63, 3.8) is 0 Å². The highest BCUT2D eigenvalue weighted by Crippen LogP contribution is 2.37. The summed E-state index contributed by atoms with van der Waals surface area (Å²) in [7, 11) is 0. The number of fused-ring (bicyclic) bond motifs is 2. The molecule has 1 aromatic carbocycles. The van der Waals surface area contributed by atoms with Gasteiger partial charge < -0.3 is 19.0 Å². The van der Waals surface area contributed by atoms with Gasteiger partial charge in [0.1, 0.15) is 23.0 Å². The van der Waals surface area contributed by atoms with Crippen LogP contribution in [0.3, 0.4) is 0 Å². The van der Waals surface area contributed by atoms with Crippen LogP contribution in [0.4, 0.5) is 4.79 Å². The number of benzene rings is 1. The standard InChI is InChI=1S/C23H27NO6/c1-15(7-5-11-25)6-4-10-24-22(27)29-20-13-17-12-16-8-9-21(26)28-18(16)14-19(17)30-23(20,2)3/h4,7-10,12,14,20,25H,5-6,11,13H2,1-3H3,(H,24,27)/b10-4+,15-7+/t20-/m0/s1. The average Bonchev–Trinajstić information content (AvgIpc) is 2.68. The van der Waals surface area contributed by atoms with Gasteiger partial charge in [0.05, 0.1) is 0 Å². The Labute approximate surface area is 175 Å². The van der Waals surface area contributed by atoms with Crippen LogP contribution in [0.2, 0.25) is 0 Å². The smallest absolute Gasteiger partial charge is 0.411 e. The number of alkyl carbamates (subject to hydrolysis) is 1. The lowest BCUT2D eigenvalue weighted by molar-refractivity contribution is -0.0486. The van der Waals surface area contributed by atoms with E-state index in [4.69, 9.17) is 19.0 Å². The zero-order valence-corrected chi connectivity index (χ0v) is 17.4. The lowest BCUT2D eigenvalue weighted by Gasteiger charge is -2.39. The van der Waals surface area contributed by atoms with Gasteiger partial charge in [0.25, 0.3) is 0 Å². The third-order valence-electron chi connectivity index (χ3n) is 4.99. The van der Waals surface area contributed by atoms with E-state index in [0.717, 1.165) is 16.5 Å². The van der Waals surface area contributed by atoms with Crippen LogP contribution in [0.5, 0.6) is 5.75 Å². The Morgan fingerprint density at radius 2 is 2.17 bits per heavy atom. The summed E-state index contributed by atoms with van der Waals surface area (Å²) >= 11 is 0. The molecule has 0 saturated carbocycles. The minimum Gasteiger partial charge on any atom is -0.484 e. The zero-order valence-electron chi connectivity index (χ0n) is 17.4. The second-order valence-corrected chi connectivity index (χ2v) is 7.87. The largest absolute Gasteiger partial charge is 0.484 e. The highest BCUT2D eigenvalue weighted by atomic mass is 16.6. The van der Waals surface area contributed by atoms with Crippen LogP contribution in [0, 0.1) is 0 Å². The minimum absolute atomic E-state index is 0.123. The summed E-state index contributed by atoms with van der Waals surface area (Å²) in [5.41, 5.74) is 1.29. The van der Waals surface area contributed by atoms with E-state index in [1.807, 2.05) is 39.0 Å². The topological polar surface area (TPSA) is 98.0 Å². The molecule has 0 aliphatic carbocycles. The number of carbonyl (C=O) groups excluding carboxylic acids is 1. The maximum Gasteiger partial charge on any atom is 0.411 e. The fourth-order valence-corrected chi connectivity index (χ4v) is 3.31. The molecule has 2 N–H and O–H groups in total. The molecule has 160 valence electrons. The van der Waals surface area contributed by atoms with Crippen molar-refractivity contribution >= 4 is 17.1 Å². The molecule has 0 saturated heterocycles. The quantitative estimate of drug-likeness (QED) is 0.552. The molecule has 1 amide bonds. The van der Waals surface area contributed by atoms with Crippen LogP contribution < -0.4 is 15.7 Å². The SMILES string of the molecule is C/C(=C\CCO)C/C=C/NC(=O)O[C@H]1Cc2cc3ccc(=O)oc3cc2OC1(C)C. The number of allylic oxidation sites excluding steroid dienone is 2. The normalized spacial score (nSPS) is 18.1. The molecule has 1 atom stereocenters. The molecular formula is C23H27NO6. The Morgan fingerprint density at radius 1 is 1.37 bits per heavy atom. The van der Waals surface area contributed by atoms with Crippen molar-refractivity contribution in [3.05, 3.63) is 64.2 Å². The first-order valence-corrected chi connectivity index (χ1v) is 9.93. The van der Waals surface area contributed by atoms with E-state index in [2.05, 4.69) is 5.32 Å². The maximum atomic E-state index is 12.2. The Bertz CT molecular complexity index is 1030. The van der Waals surface area contributed by atoms with Gasteiger partial charge in [0, 0.05) is 36.7 Å². The minimum atomic E-state index is -0.750. The Morgan fingerprint density at radius 3 is 2.93 bits per heavy atom. The fourth-order valence-electron chi connectivity index (χ4n) is 3.31. The molecule has 3 rings (SSSR count). The van der Waals surface area contributed by atoms with Crippen LogP contribution in [-0.2, 0) is 11.2 Å². The molecular weight excluding hydrogens is 386 g/mol. The van der Waals surface area contributed by atoms with Crippen LogP contribution in [0.15, 0.2) is 57.4 Å². The molecule has 0 radical (unpaired) electrons. The van der Waals surface area contributed by atoms with Gasteiger partial charge in [-0.25, -0.2) is 9.59 Å². The third kappa shape index (κ3) is 5.30. The number of hydrogen-bond donors (Lipinski definition) is 2. The molecule has 1 aliphatic heterocycles. The first kappa shape index (κ1) is 21.6. The molecule has 7 heteroatoms. The molecule has 7 nitrogen and oxygen atoms in total. The van der Waals surface area contributed by atoms with E-state index < -0.39 is 23.4 Å². The third-order valence-corrected chi connectivity index (χ3v) is 4.99. The van der Waals surface area contributed by atoms with Crippen LogP contribution in [0.1, 0.15) is 39.2 Å². The van der Waals surface area contributed by atoms with Gasteiger partial charge in [0.15, 0.2) is 0 Å². The Balaban J connectivity index is 1.65. The van der Waals surface area contributed by atoms with E-state index in [1.165, 1.54) is 6.07 Å². The number of aliphatic hydroxyl groups is 1. The fraction of sp³-hybridized carbons (Fsp3) is 0.391. The van der Waals surface area contributed by atoms with Gasteiger partial charge in [-0.3, -0.25) is 5.32 Å². The van der Waals surface area contributed by atoms with Crippen molar-refractivity contribution in [2.75, 3.05) is 6.61 Å². The summed E-state index contributed by atoms with van der Waals surface area (Å²) in [5, 5.41) is 12.2. The number of nitrogens with one attached hydrogen (secondary N) is 1. The van der Waals surface area contributed by atoms with Crippen molar-refractivity contribution in [3.8, 4) is 5.75 Å². The summed E-state index contributed by atoms with van der Waals surface area (Å²) in [5.74, 6) is 0.618. The van der Waals surface area contributed by atoms with E-state index in [1.54, 1.807) is 18.3 Å². The zero-order chi connectivity index (χ0) is 21.7.